The quantitative estimate of drug-likeness (QED) is 0.554. The van der Waals surface area contributed by atoms with Crippen LogP contribution in [0.2, 0.25) is 0 Å². The maximum absolute atomic E-state index is 10.6. The van der Waals surface area contributed by atoms with Crippen molar-refractivity contribution < 1.29 is 10.0 Å². The van der Waals surface area contributed by atoms with Gasteiger partial charge in [-0.1, -0.05) is 6.07 Å². The Balaban J connectivity index is 1.92. The first kappa shape index (κ1) is 15.9. The molecule has 1 atom stereocenters. The Morgan fingerprint density at radius 3 is 2.67 bits per heavy atom. The molecule has 7 nitrogen and oxygen atoms in total. The second-order valence-corrected chi connectivity index (χ2v) is 6.02. The van der Waals surface area contributed by atoms with Crippen LogP contribution < -0.4 is 5.32 Å². The molecule has 0 aliphatic rings. The van der Waals surface area contributed by atoms with Crippen LogP contribution in [0.3, 0.4) is 0 Å². The zero-order chi connectivity index (χ0) is 15.4. The number of para-hydroxylation sites is 1. The van der Waals surface area contributed by atoms with Gasteiger partial charge in [0.1, 0.15) is 12.4 Å². The molecule has 0 amide bonds. The van der Waals surface area contributed by atoms with E-state index in [1.807, 2.05) is 18.2 Å². The van der Waals surface area contributed by atoms with E-state index in [1.165, 1.54) is 10.9 Å². The van der Waals surface area contributed by atoms with E-state index in [0.717, 1.165) is 20.8 Å². The third kappa shape index (κ3) is 4.26. The molecular weight excluding hydrogens is 408 g/mol. The predicted octanol–water partition coefficient (Wildman–Crippen LogP) is 2.79. The van der Waals surface area contributed by atoms with Crippen LogP contribution in [0, 0.1) is 10.1 Å². The molecule has 1 unspecified atom stereocenters. The summed E-state index contributed by atoms with van der Waals surface area (Å²) >= 11 is 6.83. The second kappa shape index (κ2) is 7.01. The van der Waals surface area contributed by atoms with Crippen LogP contribution in [0.25, 0.3) is 0 Å². The average Bonchev–Trinajstić information content (AvgIpc) is 2.87. The smallest absolute Gasteiger partial charge is 0.306 e. The van der Waals surface area contributed by atoms with Crippen molar-refractivity contribution in [3.8, 4) is 0 Å². The van der Waals surface area contributed by atoms with Gasteiger partial charge in [0, 0.05) is 15.5 Å². The van der Waals surface area contributed by atoms with Gasteiger partial charge in [-0.3, -0.25) is 14.8 Å². The molecule has 0 spiro atoms. The summed E-state index contributed by atoms with van der Waals surface area (Å²) in [4.78, 5) is 10.0. The fourth-order valence-electron chi connectivity index (χ4n) is 1.71. The summed E-state index contributed by atoms with van der Waals surface area (Å²) in [5.74, 6) is 0. The summed E-state index contributed by atoms with van der Waals surface area (Å²) in [7, 11) is 0. The van der Waals surface area contributed by atoms with Gasteiger partial charge in [0.2, 0.25) is 0 Å². The summed E-state index contributed by atoms with van der Waals surface area (Å²) in [6.07, 6.45) is 1.71. The van der Waals surface area contributed by atoms with Gasteiger partial charge in [0.05, 0.1) is 23.3 Å². The predicted molar refractivity (Wildman–Crippen MR) is 85.2 cm³/mol. The Morgan fingerprint density at radius 2 is 2.10 bits per heavy atom. The highest BCUT2D eigenvalue weighted by molar-refractivity contribution is 9.11. The van der Waals surface area contributed by atoms with Crippen LogP contribution in [0.5, 0.6) is 0 Å². The molecule has 2 N–H and O–H groups in total. The van der Waals surface area contributed by atoms with E-state index in [0.29, 0.717) is 0 Å². The van der Waals surface area contributed by atoms with Gasteiger partial charge in [-0.2, -0.15) is 5.10 Å². The largest absolute Gasteiger partial charge is 0.389 e. The first-order chi connectivity index (χ1) is 9.97. The van der Waals surface area contributed by atoms with E-state index in [4.69, 9.17) is 0 Å². The van der Waals surface area contributed by atoms with E-state index in [2.05, 4.69) is 42.3 Å². The van der Waals surface area contributed by atoms with Crippen molar-refractivity contribution >= 4 is 43.2 Å². The van der Waals surface area contributed by atoms with Gasteiger partial charge in [0.15, 0.2) is 0 Å². The molecule has 0 fully saturated rings. The Labute approximate surface area is 137 Å². The molecule has 2 rings (SSSR count). The number of aliphatic hydroxyl groups is 1. The van der Waals surface area contributed by atoms with Crippen molar-refractivity contribution in [1.29, 1.82) is 0 Å². The fraction of sp³-hybridized carbons (Fsp3) is 0.250. The average molecular weight is 420 g/mol. The van der Waals surface area contributed by atoms with Gasteiger partial charge < -0.3 is 10.4 Å². The zero-order valence-corrected chi connectivity index (χ0v) is 13.9. The molecule has 112 valence electrons. The van der Waals surface area contributed by atoms with E-state index in [1.54, 1.807) is 0 Å². The monoisotopic (exact) mass is 418 g/mol. The molecule has 1 aromatic carbocycles. The Kier molecular flexibility index (Phi) is 5.32. The highest BCUT2D eigenvalue weighted by Gasteiger charge is 2.12. The van der Waals surface area contributed by atoms with E-state index >= 15 is 0 Å². The Hall–Kier alpha value is -1.45. The highest BCUT2D eigenvalue weighted by Crippen LogP contribution is 2.30. The minimum absolute atomic E-state index is 0.0938. The molecule has 1 heterocycles. The topological polar surface area (TPSA) is 93.2 Å². The minimum Gasteiger partial charge on any atom is -0.389 e. The highest BCUT2D eigenvalue weighted by atomic mass is 79.9. The summed E-state index contributed by atoms with van der Waals surface area (Å²) in [6.45, 7) is 0.456. The first-order valence-corrected chi connectivity index (χ1v) is 7.58. The zero-order valence-electron chi connectivity index (χ0n) is 10.7. The van der Waals surface area contributed by atoms with Crippen LogP contribution in [-0.4, -0.2) is 32.5 Å². The van der Waals surface area contributed by atoms with Crippen LogP contribution in [0.4, 0.5) is 11.4 Å². The first-order valence-electron chi connectivity index (χ1n) is 6.00. The standard InChI is InChI=1S/C12H12Br2N4O3/c13-10-2-1-3-11(14)12(10)15-5-9(19)7-17-6-8(4-16-17)18(20)21/h1-4,6,9,15,19H,5,7H2. The van der Waals surface area contributed by atoms with Crippen molar-refractivity contribution in [2.75, 3.05) is 11.9 Å². The lowest BCUT2D eigenvalue weighted by Crippen LogP contribution is -2.25. The van der Waals surface area contributed by atoms with Gasteiger partial charge in [0.25, 0.3) is 0 Å². The molecule has 0 aliphatic heterocycles. The van der Waals surface area contributed by atoms with Crippen LogP contribution >= 0.6 is 31.9 Å². The van der Waals surface area contributed by atoms with Crippen molar-refractivity contribution in [3.63, 3.8) is 0 Å². The number of anilines is 1. The maximum Gasteiger partial charge on any atom is 0.306 e. The number of hydrogen-bond donors (Lipinski definition) is 2. The molecule has 0 aliphatic carbocycles. The van der Waals surface area contributed by atoms with E-state index in [9.17, 15) is 15.2 Å². The number of halogens is 2. The van der Waals surface area contributed by atoms with Crippen molar-refractivity contribution in [1.82, 2.24) is 9.78 Å². The van der Waals surface area contributed by atoms with Crippen LogP contribution in [0.1, 0.15) is 0 Å². The van der Waals surface area contributed by atoms with E-state index in [-0.39, 0.29) is 18.8 Å². The van der Waals surface area contributed by atoms with Crippen LogP contribution in [0.15, 0.2) is 39.5 Å². The summed E-state index contributed by atoms with van der Waals surface area (Å²) < 4.78 is 3.09. The second-order valence-electron chi connectivity index (χ2n) is 4.31. The normalized spacial score (nSPS) is 12.1. The number of aromatic nitrogens is 2. The lowest BCUT2D eigenvalue weighted by atomic mass is 10.3. The lowest BCUT2D eigenvalue weighted by molar-refractivity contribution is -0.385. The maximum atomic E-state index is 10.6. The third-order valence-electron chi connectivity index (χ3n) is 2.71. The fourth-order valence-corrected chi connectivity index (χ4v) is 2.99. The minimum atomic E-state index is -0.733. The van der Waals surface area contributed by atoms with E-state index < -0.39 is 11.0 Å². The molecule has 0 radical (unpaired) electrons. The molecule has 0 saturated heterocycles. The number of nitrogens with one attached hydrogen (secondary N) is 1. The molecule has 2 aromatic rings. The third-order valence-corrected chi connectivity index (χ3v) is 4.03. The lowest BCUT2D eigenvalue weighted by Gasteiger charge is -2.15. The van der Waals surface area contributed by atoms with Gasteiger partial charge in [-0.15, -0.1) is 0 Å². The number of nitrogens with zero attached hydrogens (tertiary/aromatic N) is 3. The molecule has 1 aromatic heterocycles. The molecular formula is C12H12Br2N4O3. The summed E-state index contributed by atoms with van der Waals surface area (Å²) in [5, 5.41) is 27.5. The van der Waals surface area contributed by atoms with Crippen molar-refractivity contribution in [2.45, 2.75) is 12.6 Å². The molecule has 21 heavy (non-hydrogen) atoms. The van der Waals surface area contributed by atoms with Crippen molar-refractivity contribution in [2.24, 2.45) is 0 Å². The molecule has 9 heteroatoms. The summed E-state index contributed by atoms with van der Waals surface area (Å²) in [6, 6.07) is 5.66. The number of hydrogen-bond acceptors (Lipinski definition) is 5. The molecule has 0 saturated carbocycles. The number of aliphatic hydroxyl groups excluding tert-OH is 1. The SMILES string of the molecule is O=[N+]([O-])c1cnn(CC(O)CNc2c(Br)cccc2Br)c1. The Bertz CT molecular complexity index is 627. The number of rotatable bonds is 6. The summed E-state index contributed by atoms with van der Waals surface area (Å²) in [5.41, 5.74) is 0.742. The number of nitro groups is 1. The molecule has 0 bridgehead atoms. The van der Waals surface area contributed by atoms with Crippen molar-refractivity contribution in [3.05, 3.63) is 49.7 Å². The Morgan fingerprint density at radius 1 is 1.43 bits per heavy atom. The van der Waals surface area contributed by atoms with Gasteiger partial charge in [-0.25, -0.2) is 0 Å². The van der Waals surface area contributed by atoms with Gasteiger partial charge >= 0.3 is 5.69 Å². The van der Waals surface area contributed by atoms with Crippen LogP contribution in [-0.2, 0) is 6.54 Å². The number of benzene rings is 1. The van der Waals surface area contributed by atoms with Gasteiger partial charge in [-0.05, 0) is 44.0 Å².